The number of nitrogens with one attached hydrogen (secondary N) is 1. The molecule has 0 radical (unpaired) electrons. The molecule has 0 amide bonds. The molecule has 218 valence electrons. The summed E-state index contributed by atoms with van der Waals surface area (Å²) in [5.41, 5.74) is 0.247. The topological polar surface area (TPSA) is 66.2 Å². The first-order valence-corrected chi connectivity index (χ1v) is 14.7. The van der Waals surface area contributed by atoms with E-state index in [0.717, 1.165) is 24.8 Å². The summed E-state index contributed by atoms with van der Waals surface area (Å²) in [4.78, 5) is 15.8. The number of pyridine rings is 1. The lowest BCUT2D eigenvalue weighted by Crippen LogP contribution is -2.43. The molecule has 3 fully saturated rings. The van der Waals surface area contributed by atoms with Crippen LogP contribution in [0, 0.1) is 11.7 Å². The molecular weight excluding hydrogens is 565 g/mol. The summed E-state index contributed by atoms with van der Waals surface area (Å²) >= 11 is 6.55. The Kier molecular flexibility index (Phi) is 7.03. The highest BCUT2D eigenvalue weighted by Crippen LogP contribution is 2.41. The molecule has 1 unspecified atom stereocenters. The van der Waals surface area contributed by atoms with Gasteiger partial charge >= 0.3 is 11.8 Å². The minimum atomic E-state index is -1.04. The Labute approximate surface area is 246 Å². The van der Waals surface area contributed by atoms with E-state index in [-0.39, 0.29) is 36.3 Å². The van der Waals surface area contributed by atoms with Crippen LogP contribution >= 0.6 is 11.6 Å². The number of rotatable bonds is 6. The molecule has 4 aromatic rings. The normalized spacial score (nSPS) is 26.4. The molecule has 0 aliphatic carbocycles. The fraction of sp³-hybridized carbons (Fsp3) is 0.419. The molecule has 3 aliphatic heterocycles. The molecule has 4 atom stereocenters. The number of fused-ring (bicyclic) bond motifs is 3. The van der Waals surface area contributed by atoms with Crippen LogP contribution in [0.1, 0.15) is 19.3 Å². The molecule has 0 bridgehead atoms. The third kappa shape index (κ3) is 4.69. The van der Waals surface area contributed by atoms with Gasteiger partial charge in [0, 0.05) is 53.2 Å². The number of alkyl halides is 2. The molecular formula is C31H31ClF3N6O+. The zero-order valence-corrected chi connectivity index (χ0v) is 23.9. The Morgan fingerprint density at radius 3 is 2.83 bits per heavy atom. The molecule has 0 spiro atoms. The van der Waals surface area contributed by atoms with Gasteiger partial charge in [0.2, 0.25) is 0 Å². The minimum absolute atomic E-state index is 0.0189. The second-order valence-corrected chi connectivity index (χ2v) is 12.0. The summed E-state index contributed by atoms with van der Waals surface area (Å²) in [6.45, 7) is 2.17. The van der Waals surface area contributed by atoms with E-state index < -0.39 is 23.7 Å². The first-order valence-electron chi connectivity index (χ1n) is 14.3. The minimum Gasteiger partial charge on any atom is -0.443 e. The number of aromatic nitrogens is 3. The van der Waals surface area contributed by atoms with Crippen molar-refractivity contribution < 1.29 is 22.5 Å². The van der Waals surface area contributed by atoms with Crippen molar-refractivity contribution in [3.8, 4) is 17.3 Å². The van der Waals surface area contributed by atoms with Crippen LogP contribution in [0.15, 0.2) is 42.6 Å². The van der Waals surface area contributed by atoms with Gasteiger partial charge < -0.3 is 10.1 Å². The Morgan fingerprint density at radius 2 is 2.02 bits per heavy atom. The lowest BCUT2D eigenvalue weighted by molar-refractivity contribution is -0.405. The third-order valence-corrected chi connectivity index (χ3v) is 9.23. The molecule has 7 rings (SSSR count). The van der Waals surface area contributed by atoms with Crippen LogP contribution in [-0.4, -0.2) is 88.4 Å². The quantitative estimate of drug-likeness (QED) is 0.235. The van der Waals surface area contributed by atoms with Gasteiger partial charge in [0.05, 0.1) is 24.7 Å². The molecule has 42 heavy (non-hydrogen) atoms. The molecule has 3 saturated heterocycles. The van der Waals surface area contributed by atoms with Crippen LogP contribution in [0.5, 0.6) is 6.01 Å². The van der Waals surface area contributed by atoms with Gasteiger partial charge in [-0.25, -0.2) is 17.7 Å². The lowest BCUT2D eigenvalue weighted by atomic mass is 9.95. The Hall–Kier alpha value is -3.34. The Balaban J connectivity index is 1.35. The van der Waals surface area contributed by atoms with E-state index in [1.54, 1.807) is 30.0 Å². The van der Waals surface area contributed by atoms with Crippen LogP contribution in [-0.2, 0) is 0 Å². The summed E-state index contributed by atoms with van der Waals surface area (Å²) < 4.78 is 53.2. The Bertz CT molecular complexity index is 1710. The van der Waals surface area contributed by atoms with Gasteiger partial charge in [0.25, 0.3) is 0 Å². The van der Waals surface area contributed by atoms with Crippen molar-refractivity contribution in [2.45, 2.75) is 37.1 Å². The van der Waals surface area contributed by atoms with Crippen LogP contribution in [0.2, 0.25) is 5.02 Å². The van der Waals surface area contributed by atoms with Gasteiger partial charge in [0.15, 0.2) is 5.82 Å². The van der Waals surface area contributed by atoms with Crippen molar-refractivity contribution >= 4 is 45.3 Å². The number of ether oxygens (including phenoxy) is 1. The average Bonchev–Trinajstić information content (AvgIpc) is 3.65. The molecule has 3 aliphatic rings. The summed E-state index contributed by atoms with van der Waals surface area (Å²) in [5.74, 6) is -0.665. The van der Waals surface area contributed by atoms with Crippen molar-refractivity contribution in [3.05, 3.63) is 53.4 Å². The highest BCUT2D eigenvalue weighted by molar-refractivity contribution is 6.36. The van der Waals surface area contributed by atoms with Crippen LogP contribution in [0.4, 0.5) is 19.0 Å². The van der Waals surface area contributed by atoms with E-state index in [1.807, 2.05) is 24.3 Å². The van der Waals surface area contributed by atoms with Crippen molar-refractivity contribution in [2.75, 3.05) is 39.8 Å². The average molecular weight is 596 g/mol. The second-order valence-electron chi connectivity index (χ2n) is 11.6. The molecule has 0 saturated carbocycles. The van der Waals surface area contributed by atoms with Crippen LogP contribution < -0.4 is 10.1 Å². The van der Waals surface area contributed by atoms with Crippen molar-refractivity contribution in [1.29, 1.82) is 0 Å². The zero-order chi connectivity index (χ0) is 29.0. The molecule has 2 aromatic carbocycles. The van der Waals surface area contributed by atoms with E-state index >= 15 is 4.39 Å². The monoisotopic (exact) mass is 595 g/mol. The summed E-state index contributed by atoms with van der Waals surface area (Å²) in [6.07, 6.45) is 3.50. The molecule has 1 N–H and O–H groups in total. The van der Waals surface area contributed by atoms with Crippen molar-refractivity contribution in [3.63, 3.8) is 0 Å². The number of halogens is 4. The van der Waals surface area contributed by atoms with E-state index in [0.29, 0.717) is 46.7 Å². The summed E-state index contributed by atoms with van der Waals surface area (Å²) in [5, 5.41) is 5.44. The third-order valence-electron chi connectivity index (χ3n) is 8.92. The molecule has 7 nitrogen and oxygen atoms in total. The second kappa shape index (κ2) is 10.7. The first-order chi connectivity index (χ1) is 20.3. The predicted molar refractivity (Wildman–Crippen MR) is 157 cm³/mol. The number of hydrogen-bond donors (Lipinski definition) is 1. The van der Waals surface area contributed by atoms with Crippen LogP contribution in [0.25, 0.3) is 32.9 Å². The van der Waals surface area contributed by atoms with Gasteiger partial charge in [-0.15, -0.1) is 0 Å². The van der Waals surface area contributed by atoms with Gasteiger partial charge in [-0.2, -0.15) is 4.98 Å². The molecule has 5 heterocycles. The van der Waals surface area contributed by atoms with Crippen LogP contribution in [0.3, 0.4) is 0 Å². The van der Waals surface area contributed by atoms with E-state index in [4.69, 9.17) is 16.3 Å². The Morgan fingerprint density at radius 1 is 1.19 bits per heavy atom. The SMILES string of the molecule is C[N+](=CC1CNC[C@H]1F)c1nc(OC[C@@]23CCCN2C[C@H](F)C3)nc2c(F)c(-c3cccc4cccc(Cl)c34)ncc12. The van der Waals surface area contributed by atoms with Gasteiger partial charge in [-0.1, -0.05) is 41.9 Å². The maximum atomic E-state index is 16.5. The first kappa shape index (κ1) is 27.5. The number of benzene rings is 2. The number of nitrogens with zero attached hydrogens (tertiary/aromatic N) is 5. The molecule has 2 aromatic heterocycles. The van der Waals surface area contributed by atoms with Crippen molar-refractivity contribution in [2.24, 2.45) is 5.92 Å². The highest BCUT2D eigenvalue weighted by atomic mass is 35.5. The fourth-order valence-corrected chi connectivity index (χ4v) is 7.14. The van der Waals surface area contributed by atoms with E-state index in [9.17, 15) is 8.78 Å². The number of hydrogen-bond acceptors (Lipinski definition) is 6. The van der Waals surface area contributed by atoms with Crippen molar-refractivity contribution in [1.82, 2.24) is 25.2 Å². The lowest BCUT2D eigenvalue weighted by Gasteiger charge is -2.30. The fourth-order valence-electron chi connectivity index (χ4n) is 6.85. The van der Waals surface area contributed by atoms with Gasteiger partial charge in [-0.05, 0) is 30.8 Å². The maximum Gasteiger partial charge on any atom is 0.434 e. The standard InChI is InChI=1S/C31H31ClF3N6O/c1-40(15-19-12-36-14-24(19)34)29-22-13-37-27(21-7-2-5-18-6-3-8-23(32)25(18)21)26(35)28(22)38-30(39-29)42-17-31-9-4-10-41(31)16-20(33)11-31/h2-3,5-8,13,15,19-20,24,36H,4,9-12,14,16-17H2,1H3/q+1/t19?,20-,24-,31+/m1/s1. The van der Waals surface area contributed by atoms with E-state index in [1.165, 1.54) is 6.20 Å². The smallest absolute Gasteiger partial charge is 0.434 e. The summed E-state index contributed by atoms with van der Waals surface area (Å²) in [7, 11) is 1.74. The summed E-state index contributed by atoms with van der Waals surface area (Å²) in [6, 6.07) is 11.0. The zero-order valence-electron chi connectivity index (χ0n) is 23.2. The maximum absolute atomic E-state index is 16.5. The highest BCUT2D eigenvalue weighted by Gasteiger charge is 2.49. The van der Waals surface area contributed by atoms with E-state index in [2.05, 4.69) is 25.2 Å². The van der Waals surface area contributed by atoms with Gasteiger partial charge in [0.1, 0.15) is 35.5 Å². The predicted octanol–water partition coefficient (Wildman–Crippen LogP) is 5.49. The molecule has 11 heteroatoms. The largest absolute Gasteiger partial charge is 0.443 e. The van der Waals surface area contributed by atoms with Gasteiger partial charge in [-0.3, -0.25) is 9.88 Å².